The minimum Gasteiger partial charge on any atom is -0.372 e. The van der Waals surface area contributed by atoms with Gasteiger partial charge in [0.1, 0.15) is 6.54 Å². The topological polar surface area (TPSA) is 6.25 Å². The maximum Gasteiger partial charge on any atom is 0.210 e. The Balaban J connectivity index is 1.38. The zero-order valence-corrected chi connectivity index (χ0v) is 26.1. The van der Waals surface area contributed by atoms with E-state index in [9.17, 15) is 0 Å². The van der Waals surface area contributed by atoms with Gasteiger partial charge >= 0.3 is 0 Å². The molecular formula is C40H49N2+. The van der Waals surface area contributed by atoms with Crippen LogP contribution in [0.1, 0.15) is 89.7 Å². The number of unbranched alkanes of at least 4 members (excludes halogenated alkanes) is 1. The lowest BCUT2D eigenvalue weighted by Crippen LogP contribution is -2.32. The Labute approximate surface area is 254 Å². The van der Waals surface area contributed by atoms with Gasteiger partial charge in [-0.15, -0.1) is 0 Å². The molecule has 1 aliphatic heterocycles. The fourth-order valence-electron chi connectivity index (χ4n) is 7.95. The summed E-state index contributed by atoms with van der Waals surface area (Å²) < 4.78 is 2.69. The zero-order valence-electron chi connectivity index (χ0n) is 26.1. The van der Waals surface area contributed by atoms with Crippen LogP contribution in [0.15, 0.2) is 90.5 Å². The number of rotatable bonds is 12. The first kappa shape index (κ1) is 28.7. The first-order valence-corrected chi connectivity index (χ1v) is 16.7. The van der Waals surface area contributed by atoms with E-state index in [-0.39, 0.29) is 5.41 Å². The summed E-state index contributed by atoms with van der Waals surface area (Å²) in [6.45, 7) is 10.1. The van der Waals surface area contributed by atoms with Crippen molar-refractivity contribution in [2.75, 3.05) is 24.5 Å². The molecule has 218 valence electrons. The van der Waals surface area contributed by atoms with Crippen molar-refractivity contribution in [2.24, 2.45) is 5.92 Å². The molecule has 2 heteroatoms. The van der Waals surface area contributed by atoms with Gasteiger partial charge in [-0.3, -0.25) is 0 Å². The lowest BCUT2D eigenvalue weighted by molar-refractivity contribution is -0.438. The van der Waals surface area contributed by atoms with Crippen LogP contribution in [-0.4, -0.2) is 29.9 Å². The van der Waals surface area contributed by atoms with Crippen molar-refractivity contribution in [2.45, 2.75) is 84.0 Å². The Morgan fingerprint density at radius 2 is 1.69 bits per heavy atom. The third kappa shape index (κ3) is 5.78. The van der Waals surface area contributed by atoms with Crippen LogP contribution < -0.4 is 4.90 Å². The van der Waals surface area contributed by atoms with Crippen molar-refractivity contribution >= 4 is 33.9 Å². The van der Waals surface area contributed by atoms with Gasteiger partial charge in [-0.2, -0.15) is 4.58 Å². The Morgan fingerprint density at radius 1 is 0.905 bits per heavy atom. The van der Waals surface area contributed by atoms with Gasteiger partial charge in [0.2, 0.25) is 5.69 Å². The molecular weight excluding hydrogens is 508 g/mol. The van der Waals surface area contributed by atoms with Gasteiger partial charge in [0.25, 0.3) is 0 Å². The van der Waals surface area contributed by atoms with Crippen LogP contribution in [0.2, 0.25) is 0 Å². The SMILES string of the molecule is CCN(CC)c1ccc(C=CC2=[N+](CCCCC3CCCC3)c3ccc4ccccc4c3C2(C)CC2=CC=CC2)cc1. The van der Waals surface area contributed by atoms with Gasteiger partial charge in [-0.05, 0) is 86.6 Å². The van der Waals surface area contributed by atoms with Gasteiger partial charge in [0.05, 0.1) is 5.41 Å². The quantitative estimate of drug-likeness (QED) is 0.159. The number of fused-ring (bicyclic) bond motifs is 3. The average Bonchev–Trinajstić information content (AvgIpc) is 3.77. The lowest BCUT2D eigenvalue weighted by Gasteiger charge is -2.24. The molecule has 2 aliphatic carbocycles. The maximum atomic E-state index is 2.69. The molecule has 0 saturated heterocycles. The molecule has 1 fully saturated rings. The molecule has 1 unspecified atom stereocenters. The molecule has 0 bridgehead atoms. The molecule has 0 aromatic heterocycles. The second-order valence-electron chi connectivity index (χ2n) is 12.9. The highest BCUT2D eigenvalue weighted by Gasteiger charge is 2.49. The molecule has 3 aromatic carbocycles. The third-order valence-electron chi connectivity index (χ3n) is 10.2. The molecule has 6 rings (SSSR count). The Bertz CT molecular complexity index is 1510. The predicted molar refractivity (Wildman–Crippen MR) is 182 cm³/mol. The fourth-order valence-corrected chi connectivity index (χ4v) is 7.95. The highest BCUT2D eigenvalue weighted by molar-refractivity contribution is 6.09. The van der Waals surface area contributed by atoms with E-state index < -0.39 is 0 Å². The van der Waals surface area contributed by atoms with Crippen molar-refractivity contribution in [3.63, 3.8) is 0 Å². The Morgan fingerprint density at radius 3 is 2.43 bits per heavy atom. The van der Waals surface area contributed by atoms with Gasteiger partial charge < -0.3 is 4.90 Å². The van der Waals surface area contributed by atoms with Crippen LogP contribution in [0.4, 0.5) is 11.4 Å². The van der Waals surface area contributed by atoms with E-state index >= 15 is 0 Å². The molecule has 1 heterocycles. The minimum atomic E-state index is -0.0861. The summed E-state index contributed by atoms with van der Waals surface area (Å²) in [4.78, 5) is 2.41. The summed E-state index contributed by atoms with van der Waals surface area (Å²) in [7, 11) is 0. The highest BCUT2D eigenvalue weighted by Crippen LogP contribution is 2.48. The van der Waals surface area contributed by atoms with Crippen molar-refractivity contribution in [1.29, 1.82) is 0 Å². The van der Waals surface area contributed by atoms with Crippen LogP contribution in [0.25, 0.3) is 16.8 Å². The molecule has 1 saturated carbocycles. The van der Waals surface area contributed by atoms with E-state index in [1.807, 2.05) is 0 Å². The van der Waals surface area contributed by atoms with Crippen LogP contribution in [0, 0.1) is 5.92 Å². The smallest absolute Gasteiger partial charge is 0.210 e. The molecule has 42 heavy (non-hydrogen) atoms. The van der Waals surface area contributed by atoms with E-state index in [1.165, 1.54) is 89.5 Å². The van der Waals surface area contributed by atoms with Crippen molar-refractivity contribution < 1.29 is 4.58 Å². The molecule has 1 atom stereocenters. The number of anilines is 1. The minimum absolute atomic E-state index is 0.0861. The number of hydrogen-bond donors (Lipinski definition) is 0. The fraction of sp³-hybridized carbons (Fsp3) is 0.425. The van der Waals surface area contributed by atoms with Gasteiger partial charge in [0.15, 0.2) is 5.71 Å². The van der Waals surface area contributed by atoms with E-state index in [2.05, 4.69) is 121 Å². The average molecular weight is 558 g/mol. The van der Waals surface area contributed by atoms with E-state index in [1.54, 1.807) is 0 Å². The molecule has 3 aromatic rings. The maximum absolute atomic E-state index is 2.69. The van der Waals surface area contributed by atoms with E-state index in [0.29, 0.717) is 0 Å². The molecule has 0 N–H and O–H groups in total. The second-order valence-corrected chi connectivity index (χ2v) is 12.9. The normalized spacial score (nSPS) is 20.3. The van der Waals surface area contributed by atoms with Crippen LogP contribution >= 0.6 is 0 Å². The molecule has 0 amide bonds. The van der Waals surface area contributed by atoms with Crippen LogP contribution in [0.3, 0.4) is 0 Å². The van der Waals surface area contributed by atoms with Crippen LogP contribution in [-0.2, 0) is 5.41 Å². The van der Waals surface area contributed by atoms with E-state index in [0.717, 1.165) is 38.4 Å². The second kappa shape index (κ2) is 12.9. The van der Waals surface area contributed by atoms with Gasteiger partial charge in [0, 0.05) is 42.9 Å². The van der Waals surface area contributed by atoms with Gasteiger partial charge in [-0.25, -0.2) is 0 Å². The summed E-state index contributed by atoms with van der Waals surface area (Å²) in [6.07, 6.45) is 23.6. The highest BCUT2D eigenvalue weighted by atomic mass is 15.1. The summed E-state index contributed by atoms with van der Waals surface area (Å²) in [5, 5.41) is 2.76. The molecule has 0 radical (unpaired) electrons. The van der Waals surface area contributed by atoms with Crippen molar-refractivity contribution in [3.8, 4) is 0 Å². The summed E-state index contributed by atoms with van der Waals surface area (Å²) in [5.74, 6) is 0.967. The van der Waals surface area contributed by atoms with Crippen molar-refractivity contribution in [3.05, 3.63) is 102 Å². The predicted octanol–water partition coefficient (Wildman–Crippen LogP) is 10.4. The van der Waals surface area contributed by atoms with Crippen molar-refractivity contribution in [1.82, 2.24) is 0 Å². The first-order chi connectivity index (χ1) is 20.6. The molecule has 0 spiro atoms. The summed E-state index contributed by atoms with van der Waals surface area (Å²) >= 11 is 0. The number of nitrogens with zero attached hydrogens (tertiary/aromatic N) is 2. The summed E-state index contributed by atoms with van der Waals surface area (Å²) in [6, 6.07) is 22.9. The number of allylic oxidation sites excluding steroid dienone is 5. The number of benzene rings is 3. The lowest BCUT2D eigenvalue weighted by atomic mass is 9.72. The number of hydrogen-bond acceptors (Lipinski definition) is 1. The van der Waals surface area contributed by atoms with E-state index in [4.69, 9.17) is 0 Å². The summed E-state index contributed by atoms with van der Waals surface area (Å²) in [5.41, 5.74) is 8.41. The Hall–Kier alpha value is -3.39. The standard InChI is InChI=1S/C40H49N2/c1-4-41(5-2)35-25-21-32(22-26-35)23-28-38-40(3,30-33-17-8-9-18-33)39-36-20-11-10-19-34(36)24-27-37(39)42(38)29-13-12-16-31-14-6-7-15-31/h8-11,17,19-28,31H,4-7,12-16,18,29-30H2,1-3H3/q+1. The largest absolute Gasteiger partial charge is 0.372 e. The Kier molecular flexibility index (Phi) is 8.79. The third-order valence-corrected chi connectivity index (χ3v) is 10.2. The monoisotopic (exact) mass is 557 g/mol. The first-order valence-electron chi connectivity index (χ1n) is 16.7. The molecule has 2 nitrogen and oxygen atoms in total. The molecule has 3 aliphatic rings. The zero-order chi connectivity index (χ0) is 28.9. The van der Waals surface area contributed by atoms with Crippen LogP contribution in [0.5, 0.6) is 0 Å². The van der Waals surface area contributed by atoms with Gasteiger partial charge in [-0.1, -0.05) is 92.3 Å².